The van der Waals surface area contributed by atoms with E-state index in [1.807, 2.05) is 31.2 Å². The number of hydrogen-bond acceptors (Lipinski definition) is 7. The highest BCUT2D eigenvalue weighted by atomic mass is 79.9. The van der Waals surface area contributed by atoms with Crippen molar-refractivity contribution in [3.63, 3.8) is 0 Å². The van der Waals surface area contributed by atoms with Crippen LogP contribution in [0.3, 0.4) is 0 Å². The van der Waals surface area contributed by atoms with Gasteiger partial charge in [-0.2, -0.15) is 0 Å². The number of halogens is 1. The predicted octanol–water partition coefficient (Wildman–Crippen LogP) is 4.87. The molecule has 0 N–H and O–H groups in total. The third-order valence-corrected chi connectivity index (χ3v) is 5.23. The molecular formula is C24H24BrNO6. The van der Waals surface area contributed by atoms with E-state index in [1.165, 1.54) is 12.7 Å². The summed E-state index contributed by atoms with van der Waals surface area (Å²) in [6, 6.07) is 11.2. The van der Waals surface area contributed by atoms with E-state index in [0.717, 1.165) is 5.56 Å². The van der Waals surface area contributed by atoms with E-state index >= 15 is 0 Å². The van der Waals surface area contributed by atoms with Crippen molar-refractivity contribution < 1.29 is 28.5 Å². The fourth-order valence-electron chi connectivity index (χ4n) is 2.97. The zero-order valence-electron chi connectivity index (χ0n) is 18.3. The molecule has 8 heteroatoms. The standard InChI is InChI=1S/C24H24BrNO6/c1-5-30-20-12-15(10-18(25)22(20)31-13-21(27)29-4)11-19-24(28)32-23(26-19)17-8-6-16(7-9-17)14(2)3/h6-12,14H,5,13H2,1-4H3/b19-11-. The molecule has 1 aliphatic heterocycles. The molecule has 2 aromatic carbocycles. The summed E-state index contributed by atoms with van der Waals surface area (Å²) in [7, 11) is 1.29. The van der Waals surface area contributed by atoms with Gasteiger partial charge in [0.15, 0.2) is 23.8 Å². The van der Waals surface area contributed by atoms with Crippen molar-refractivity contribution in [2.45, 2.75) is 26.7 Å². The van der Waals surface area contributed by atoms with Crippen molar-refractivity contribution in [1.82, 2.24) is 0 Å². The first kappa shape index (κ1) is 23.5. The second kappa shape index (κ2) is 10.5. The Morgan fingerprint density at radius 1 is 1.19 bits per heavy atom. The van der Waals surface area contributed by atoms with Crippen molar-refractivity contribution in [3.8, 4) is 11.5 Å². The van der Waals surface area contributed by atoms with Gasteiger partial charge in [0.05, 0.1) is 18.2 Å². The molecule has 168 valence electrons. The summed E-state index contributed by atoms with van der Waals surface area (Å²) in [4.78, 5) is 28.2. The van der Waals surface area contributed by atoms with Crippen molar-refractivity contribution in [1.29, 1.82) is 0 Å². The van der Waals surface area contributed by atoms with Gasteiger partial charge in [0.2, 0.25) is 5.90 Å². The van der Waals surface area contributed by atoms with Gasteiger partial charge in [0.1, 0.15) is 0 Å². The molecule has 0 aromatic heterocycles. The van der Waals surface area contributed by atoms with Crippen LogP contribution in [0.5, 0.6) is 11.5 Å². The summed E-state index contributed by atoms with van der Waals surface area (Å²) >= 11 is 3.43. The summed E-state index contributed by atoms with van der Waals surface area (Å²) in [6.45, 7) is 6.19. The lowest BCUT2D eigenvalue weighted by atomic mass is 10.0. The van der Waals surface area contributed by atoms with Crippen molar-refractivity contribution >= 4 is 39.8 Å². The maximum atomic E-state index is 12.4. The maximum Gasteiger partial charge on any atom is 0.363 e. The number of esters is 2. The Bertz CT molecular complexity index is 1070. The van der Waals surface area contributed by atoms with Crippen molar-refractivity contribution in [2.75, 3.05) is 20.3 Å². The van der Waals surface area contributed by atoms with Gasteiger partial charge in [-0.05, 0) is 70.2 Å². The van der Waals surface area contributed by atoms with Crippen molar-refractivity contribution in [3.05, 3.63) is 63.3 Å². The van der Waals surface area contributed by atoms with E-state index in [0.29, 0.717) is 34.1 Å². The van der Waals surface area contributed by atoms with Gasteiger partial charge in [0.25, 0.3) is 0 Å². The Morgan fingerprint density at radius 3 is 2.53 bits per heavy atom. The molecule has 2 aromatic rings. The van der Waals surface area contributed by atoms with Crippen LogP contribution in [0, 0.1) is 0 Å². The zero-order chi connectivity index (χ0) is 23.3. The number of ether oxygens (including phenoxy) is 4. The topological polar surface area (TPSA) is 83.4 Å². The Kier molecular flexibility index (Phi) is 7.69. The fourth-order valence-corrected chi connectivity index (χ4v) is 3.54. The van der Waals surface area contributed by atoms with E-state index in [-0.39, 0.29) is 18.2 Å². The third kappa shape index (κ3) is 5.56. The Labute approximate surface area is 195 Å². The number of carbonyl (C=O) groups is 2. The number of nitrogens with zero attached hydrogens (tertiary/aromatic N) is 1. The maximum absolute atomic E-state index is 12.4. The van der Waals surface area contributed by atoms with Gasteiger partial charge in [-0.3, -0.25) is 0 Å². The van der Waals surface area contributed by atoms with E-state index < -0.39 is 11.9 Å². The molecule has 0 bridgehead atoms. The summed E-state index contributed by atoms with van der Waals surface area (Å²) in [5.74, 6) is 0.402. The Hall–Kier alpha value is -3.13. The lowest BCUT2D eigenvalue weighted by Crippen LogP contribution is -2.13. The van der Waals surface area contributed by atoms with Gasteiger partial charge < -0.3 is 18.9 Å². The molecule has 32 heavy (non-hydrogen) atoms. The minimum atomic E-state index is -0.534. The number of carbonyl (C=O) groups excluding carboxylic acids is 2. The molecule has 7 nitrogen and oxygen atoms in total. The van der Waals surface area contributed by atoms with E-state index in [2.05, 4.69) is 39.5 Å². The first-order chi connectivity index (χ1) is 15.3. The van der Waals surface area contributed by atoms with Gasteiger partial charge in [-0.1, -0.05) is 26.0 Å². The zero-order valence-corrected chi connectivity index (χ0v) is 19.9. The van der Waals surface area contributed by atoms with E-state index in [9.17, 15) is 9.59 Å². The average molecular weight is 502 g/mol. The Morgan fingerprint density at radius 2 is 1.91 bits per heavy atom. The van der Waals surface area contributed by atoms with Crippen LogP contribution in [0.15, 0.2) is 51.6 Å². The molecule has 0 radical (unpaired) electrons. The molecule has 0 aliphatic carbocycles. The average Bonchev–Trinajstić information content (AvgIpc) is 3.13. The molecule has 0 atom stereocenters. The molecule has 3 rings (SSSR count). The molecule has 1 aliphatic rings. The minimum Gasteiger partial charge on any atom is -0.490 e. The van der Waals surface area contributed by atoms with Gasteiger partial charge in [0, 0.05) is 5.56 Å². The van der Waals surface area contributed by atoms with Gasteiger partial charge >= 0.3 is 11.9 Å². The van der Waals surface area contributed by atoms with Crippen LogP contribution in [0.2, 0.25) is 0 Å². The van der Waals surface area contributed by atoms with Crippen LogP contribution in [0.4, 0.5) is 0 Å². The lowest BCUT2D eigenvalue weighted by molar-refractivity contribution is -0.143. The molecule has 1 heterocycles. The van der Waals surface area contributed by atoms with Crippen LogP contribution >= 0.6 is 15.9 Å². The van der Waals surface area contributed by atoms with Crippen LogP contribution < -0.4 is 9.47 Å². The number of benzene rings is 2. The highest BCUT2D eigenvalue weighted by molar-refractivity contribution is 9.10. The molecule has 0 unspecified atom stereocenters. The molecule has 0 saturated heterocycles. The van der Waals surface area contributed by atoms with Crippen LogP contribution in [0.25, 0.3) is 6.08 Å². The summed E-state index contributed by atoms with van der Waals surface area (Å²) in [5, 5.41) is 0. The molecule has 0 spiro atoms. The molecule has 0 fully saturated rings. The first-order valence-corrected chi connectivity index (χ1v) is 10.9. The second-order valence-electron chi connectivity index (χ2n) is 7.24. The first-order valence-electron chi connectivity index (χ1n) is 10.1. The summed E-state index contributed by atoms with van der Waals surface area (Å²) < 4.78 is 21.7. The summed E-state index contributed by atoms with van der Waals surface area (Å²) in [5.41, 5.74) is 2.74. The van der Waals surface area contributed by atoms with Crippen LogP contribution in [-0.2, 0) is 19.1 Å². The largest absolute Gasteiger partial charge is 0.490 e. The molecule has 0 amide bonds. The fraction of sp³-hybridized carbons (Fsp3) is 0.292. The number of aliphatic imine (C=N–C) groups is 1. The van der Waals surface area contributed by atoms with Crippen LogP contribution in [-0.4, -0.2) is 38.2 Å². The van der Waals surface area contributed by atoms with Gasteiger partial charge in [-0.15, -0.1) is 0 Å². The normalized spacial score (nSPS) is 14.4. The van der Waals surface area contributed by atoms with Crippen LogP contribution in [0.1, 0.15) is 43.4 Å². The monoisotopic (exact) mass is 501 g/mol. The summed E-state index contributed by atoms with van der Waals surface area (Å²) in [6.07, 6.45) is 1.61. The van der Waals surface area contributed by atoms with Gasteiger partial charge in [-0.25, -0.2) is 14.6 Å². The van der Waals surface area contributed by atoms with E-state index in [1.54, 1.807) is 18.2 Å². The molecule has 0 saturated carbocycles. The predicted molar refractivity (Wildman–Crippen MR) is 124 cm³/mol. The number of methoxy groups -OCH3 is 1. The highest BCUT2D eigenvalue weighted by Gasteiger charge is 2.24. The quantitative estimate of drug-likeness (QED) is 0.379. The highest BCUT2D eigenvalue weighted by Crippen LogP contribution is 2.38. The number of hydrogen-bond donors (Lipinski definition) is 0. The minimum absolute atomic E-state index is 0.172. The molecular weight excluding hydrogens is 478 g/mol. The third-order valence-electron chi connectivity index (χ3n) is 4.64. The second-order valence-corrected chi connectivity index (χ2v) is 8.09. The van der Waals surface area contributed by atoms with E-state index in [4.69, 9.17) is 14.2 Å². The van der Waals surface area contributed by atoms with Crippen molar-refractivity contribution in [2.24, 2.45) is 4.99 Å². The number of rotatable bonds is 8. The lowest BCUT2D eigenvalue weighted by Gasteiger charge is -2.14. The Balaban J connectivity index is 1.89. The smallest absolute Gasteiger partial charge is 0.363 e. The number of cyclic esters (lactones) is 1. The SMILES string of the molecule is CCOc1cc(/C=C2\N=C(c3ccc(C(C)C)cc3)OC2=O)cc(Br)c1OCC(=O)OC.